The number of amides is 1. The van der Waals surface area contributed by atoms with Gasteiger partial charge in [0.25, 0.3) is 0 Å². The highest BCUT2D eigenvalue weighted by Gasteiger charge is 2.29. The molecule has 0 radical (unpaired) electrons. The van der Waals surface area contributed by atoms with Gasteiger partial charge in [-0.15, -0.1) is 0 Å². The van der Waals surface area contributed by atoms with Crippen molar-refractivity contribution in [3.63, 3.8) is 0 Å². The van der Waals surface area contributed by atoms with Crippen LogP contribution in [0.5, 0.6) is 0 Å². The van der Waals surface area contributed by atoms with Gasteiger partial charge in [-0.2, -0.15) is 0 Å². The van der Waals surface area contributed by atoms with Crippen LogP contribution in [0.3, 0.4) is 0 Å². The SMILES string of the molecule is O=C(C=Cc1ccccc1)NC(CC1CC1)C(=O)O. The van der Waals surface area contributed by atoms with Crippen LogP contribution in [0, 0.1) is 5.92 Å². The normalized spacial score (nSPS) is 16.2. The van der Waals surface area contributed by atoms with Crippen LogP contribution < -0.4 is 5.32 Å². The molecule has 0 bridgehead atoms. The number of carbonyl (C=O) groups excluding carboxylic acids is 1. The summed E-state index contributed by atoms with van der Waals surface area (Å²) in [6, 6.07) is 8.63. The van der Waals surface area contributed by atoms with E-state index in [1.807, 2.05) is 30.3 Å². The first kappa shape index (κ1) is 13.3. The first-order valence-corrected chi connectivity index (χ1v) is 6.41. The predicted octanol–water partition coefficient (Wildman–Crippen LogP) is 2.07. The minimum atomic E-state index is -0.964. The Bertz CT molecular complexity index is 477. The summed E-state index contributed by atoms with van der Waals surface area (Å²) < 4.78 is 0. The smallest absolute Gasteiger partial charge is 0.326 e. The minimum Gasteiger partial charge on any atom is -0.480 e. The highest BCUT2D eigenvalue weighted by molar-refractivity contribution is 5.94. The van der Waals surface area contributed by atoms with Crippen LogP contribution in [0.1, 0.15) is 24.8 Å². The fourth-order valence-electron chi connectivity index (χ4n) is 1.86. The first-order valence-electron chi connectivity index (χ1n) is 6.41. The van der Waals surface area contributed by atoms with Crippen molar-refractivity contribution in [2.24, 2.45) is 5.92 Å². The number of carboxylic acids is 1. The number of hydrogen-bond donors (Lipinski definition) is 2. The third-order valence-corrected chi connectivity index (χ3v) is 3.11. The lowest BCUT2D eigenvalue weighted by Gasteiger charge is -2.12. The Labute approximate surface area is 112 Å². The van der Waals surface area contributed by atoms with Gasteiger partial charge in [-0.1, -0.05) is 43.2 Å². The molecule has 1 saturated carbocycles. The average Bonchev–Trinajstić information content (AvgIpc) is 3.21. The van der Waals surface area contributed by atoms with Gasteiger partial charge < -0.3 is 10.4 Å². The molecular formula is C15H17NO3. The molecule has 1 aromatic carbocycles. The van der Waals surface area contributed by atoms with E-state index in [2.05, 4.69) is 5.32 Å². The molecule has 1 aliphatic carbocycles. The summed E-state index contributed by atoms with van der Waals surface area (Å²) in [5.41, 5.74) is 0.909. The van der Waals surface area contributed by atoms with E-state index in [4.69, 9.17) is 5.11 Å². The predicted molar refractivity (Wildman–Crippen MR) is 72.4 cm³/mol. The van der Waals surface area contributed by atoms with Crippen molar-refractivity contribution in [3.05, 3.63) is 42.0 Å². The van der Waals surface area contributed by atoms with Crippen molar-refractivity contribution in [1.82, 2.24) is 5.32 Å². The Morgan fingerprint density at radius 3 is 2.58 bits per heavy atom. The molecular weight excluding hydrogens is 242 g/mol. The van der Waals surface area contributed by atoms with Crippen LogP contribution in [0.2, 0.25) is 0 Å². The number of carboxylic acid groups (broad SMARTS) is 1. The van der Waals surface area contributed by atoms with Crippen LogP contribution in [0.25, 0.3) is 6.08 Å². The van der Waals surface area contributed by atoms with Crippen molar-refractivity contribution in [2.45, 2.75) is 25.3 Å². The molecule has 1 unspecified atom stereocenters. The first-order chi connectivity index (χ1) is 9.15. The Morgan fingerprint density at radius 1 is 1.32 bits per heavy atom. The van der Waals surface area contributed by atoms with Crippen molar-refractivity contribution in [3.8, 4) is 0 Å². The third kappa shape index (κ3) is 4.58. The van der Waals surface area contributed by atoms with Crippen LogP contribution in [-0.2, 0) is 9.59 Å². The lowest BCUT2D eigenvalue weighted by molar-refractivity contribution is -0.141. The van der Waals surface area contributed by atoms with E-state index in [9.17, 15) is 9.59 Å². The summed E-state index contributed by atoms with van der Waals surface area (Å²) in [7, 11) is 0. The van der Waals surface area contributed by atoms with E-state index in [0.29, 0.717) is 12.3 Å². The van der Waals surface area contributed by atoms with Crippen molar-refractivity contribution in [2.75, 3.05) is 0 Å². The van der Waals surface area contributed by atoms with E-state index in [1.165, 1.54) is 6.08 Å². The summed E-state index contributed by atoms with van der Waals surface area (Å²) >= 11 is 0. The lowest BCUT2D eigenvalue weighted by Crippen LogP contribution is -2.40. The average molecular weight is 259 g/mol. The molecule has 19 heavy (non-hydrogen) atoms. The summed E-state index contributed by atoms with van der Waals surface area (Å²) in [5.74, 6) is -0.871. The highest BCUT2D eigenvalue weighted by atomic mass is 16.4. The molecule has 1 aromatic rings. The van der Waals surface area contributed by atoms with Gasteiger partial charge in [0, 0.05) is 6.08 Å². The molecule has 4 heteroatoms. The summed E-state index contributed by atoms with van der Waals surface area (Å²) in [5, 5.41) is 11.6. The van der Waals surface area contributed by atoms with Crippen molar-refractivity contribution in [1.29, 1.82) is 0 Å². The van der Waals surface area contributed by atoms with Gasteiger partial charge >= 0.3 is 5.97 Å². The van der Waals surface area contributed by atoms with Gasteiger partial charge in [0.1, 0.15) is 6.04 Å². The Balaban J connectivity index is 1.88. The zero-order valence-electron chi connectivity index (χ0n) is 10.6. The zero-order valence-corrected chi connectivity index (χ0v) is 10.6. The molecule has 0 aromatic heterocycles. The molecule has 100 valence electrons. The van der Waals surface area contributed by atoms with Gasteiger partial charge in [-0.05, 0) is 24.0 Å². The topological polar surface area (TPSA) is 66.4 Å². The molecule has 2 rings (SSSR count). The molecule has 1 aliphatic rings. The number of benzene rings is 1. The quantitative estimate of drug-likeness (QED) is 0.768. The highest BCUT2D eigenvalue weighted by Crippen LogP contribution is 2.33. The number of nitrogens with one attached hydrogen (secondary N) is 1. The Hall–Kier alpha value is -2.10. The molecule has 4 nitrogen and oxygen atoms in total. The molecule has 1 amide bonds. The maximum absolute atomic E-state index is 11.7. The van der Waals surface area contributed by atoms with Crippen molar-refractivity contribution < 1.29 is 14.7 Å². The standard InChI is InChI=1S/C15H17NO3/c17-14(9-8-11-4-2-1-3-5-11)16-13(15(18)19)10-12-6-7-12/h1-5,8-9,12-13H,6-7,10H2,(H,16,17)(H,18,19). The van der Waals surface area contributed by atoms with Gasteiger partial charge in [-0.3, -0.25) is 4.79 Å². The summed E-state index contributed by atoms with van der Waals surface area (Å²) in [6.45, 7) is 0. The molecule has 0 heterocycles. The summed E-state index contributed by atoms with van der Waals surface area (Å²) in [6.07, 6.45) is 5.71. The van der Waals surface area contributed by atoms with Gasteiger partial charge in [0.05, 0.1) is 0 Å². The third-order valence-electron chi connectivity index (χ3n) is 3.11. The molecule has 2 N–H and O–H groups in total. The van der Waals surface area contributed by atoms with Crippen molar-refractivity contribution >= 4 is 18.0 Å². The summed E-state index contributed by atoms with van der Waals surface area (Å²) in [4.78, 5) is 22.7. The van der Waals surface area contributed by atoms with Crippen LogP contribution >= 0.6 is 0 Å². The van der Waals surface area contributed by atoms with Crippen LogP contribution in [-0.4, -0.2) is 23.0 Å². The molecule has 0 saturated heterocycles. The monoisotopic (exact) mass is 259 g/mol. The van der Waals surface area contributed by atoms with Gasteiger partial charge in [-0.25, -0.2) is 4.79 Å². The second kappa shape index (κ2) is 6.18. The van der Waals surface area contributed by atoms with Crippen LogP contribution in [0.15, 0.2) is 36.4 Å². The van der Waals surface area contributed by atoms with Crippen LogP contribution in [0.4, 0.5) is 0 Å². The fraction of sp³-hybridized carbons (Fsp3) is 0.333. The molecule has 1 atom stereocenters. The Morgan fingerprint density at radius 2 is 2.00 bits per heavy atom. The second-order valence-corrected chi connectivity index (χ2v) is 4.82. The van der Waals surface area contributed by atoms with Gasteiger partial charge in [0.15, 0.2) is 0 Å². The maximum Gasteiger partial charge on any atom is 0.326 e. The molecule has 0 aliphatic heterocycles. The van der Waals surface area contributed by atoms with E-state index in [1.54, 1.807) is 6.08 Å². The number of carbonyl (C=O) groups is 2. The molecule has 0 spiro atoms. The van der Waals surface area contributed by atoms with E-state index in [-0.39, 0.29) is 5.91 Å². The minimum absolute atomic E-state index is 0.364. The largest absolute Gasteiger partial charge is 0.480 e. The number of hydrogen-bond acceptors (Lipinski definition) is 2. The van der Waals surface area contributed by atoms with E-state index in [0.717, 1.165) is 18.4 Å². The Kier molecular flexibility index (Phi) is 4.34. The van der Waals surface area contributed by atoms with Gasteiger partial charge in [0.2, 0.25) is 5.91 Å². The van der Waals surface area contributed by atoms with E-state index >= 15 is 0 Å². The lowest BCUT2D eigenvalue weighted by atomic mass is 10.1. The fourth-order valence-corrected chi connectivity index (χ4v) is 1.86. The molecule has 1 fully saturated rings. The second-order valence-electron chi connectivity index (χ2n) is 4.82. The zero-order chi connectivity index (χ0) is 13.7. The van der Waals surface area contributed by atoms with E-state index < -0.39 is 12.0 Å². The maximum atomic E-state index is 11.7. The number of rotatable bonds is 6. The number of aliphatic carboxylic acids is 1.